The van der Waals surface area contributed by atoms with E-state index in [0.29, 0.717) is 22.9 Å². The largest absolute Gasteiger partial charge is 0.439 e. The number of hydrogen-bond donors (Lipinski definition) is 1. The topological polar surface area (TPSA) is 71.9 Å². The van der Waals surface area contributed by atoms with Crippen molar-refractivity contribution in [3.63, 3.8) is 0 Å². The van der Waals surface area contributed by atoms with Crippen LogP contribution in [-0.4, -0.2) is 4.98 Å². The molecule has 2 aromatic rings. The number of aromatic nitrogens is 1. The third-order valence-corrected chi connectivity index (χ3v) is 2.29. The van der Waals surface area contributed by atoms with Gasteiger partial charge in [-0.3, -0.25) is 0 Å². The molecular weight excluding hydrogens is 214 g/mol. The number of aryl methyl sites for hydroxylation is 1. The molecule has 0 aliphatic rings. The van der Waals surface area contributed by atoms with Crippen molar-refractivity contribution in [1.82, 2.24) is 4.98 Å². The van der Waals surface area contributed by atoms with Crippen LogP contribution in [0.1, 0.15) is 11.1 Å². The van der Waals surface area contributed by atoms with Crippen molar-refractivity contribution in [3.8, 4) is 17.7 Å². The molecule has 0 aliphatic carbocycles. The van der Waals surface area contributed by atoms with Gasteiger partial charge in [-0.05, 0) is 24.6 Å². The van der Waals surface area contributed by atoms with Gasteiger partial charge in [0.2, 0.25) is 5.88 Å². The fourth-order valence-corrected chi connectivity index (χ4v) is 1.37. The van der Waals surface area contributed by atoms with Gasteiger partial charge in [-0.25, -0.2) is 4.98 Å². The third kappa shape index (κ3) is 2.52. The van der Waals surface area contributed by atoms with E-state index < -0.39 is 0 Å². The lowest BCUT2D eigenvalue weighted by Crippen LogP contribution is -1.93. The van der Waals surface area contributed by atoms with Crippen molar-refractivity contribution in [2.45, 2.75) is 6.92 Å². The second-order valence-electron chi connectivity index (χ2n) is 3.62. The quantitative estimate of drug-likeness (QED) is 0.797. The van der Waals surface area contributed by atoms with Crippen LogP contribution in [0.2, 0.25) is 0 Å². The van der Waals surface area contributed by atoms with E-state index in [1.165, 1.54) is 6.20 Å². The summed E-state index contributed by atoms with van der Waals surface area (Å²) in [5, 5.41) is 8.77. The molecule has 0 bridgehead atoms. The summed E-state index contributed by atoms with van der Waals surface area (Å²) in [5.41, 5.74) is 7.78. The van der Waals surface area contributed by atoms with E-state index in [0.717, 1.165) is 5.56 Å². The Morgan fingerprint density at radius 1 is 1.29 bits per heavy atom. The summed E-state index contributed by atoms with van der Waals surface area (Å²) in [6.45, 7) is 1.92. The van der Waals surface area contributed by atoms with Gasteiger partial charge >= 0.3 is 0 Å². The number of ether oxygens (including phenoxy) is 1. The third-order valence-electron chi connectivity index (χ3n) is 2.29. The van der Waals surface area contributed by atoms with Gasteiger partial charge < -0.3 is 10.5 Å². The minimum Gasteiger partial charge on any atom is -0.439 e. The molecule has 0 fully saturated rings. The van der Waals surface area contributed by atoms with Crippen molar-refractivity contribution in [2.24, 2.45) is 0 Å². The Bertz CT molecular complexity index is 587. The van der Waals surface area contributed by atoms with E-state index in [4.69, 9.17) is 15.7 Å². The average molecular weight is 225 g/mol. The van der Waals surface area contributed by atoms with Crippen molar-refractivity contribution in [1.29, 1.82) is 5.26 Å². The number of benzene rings is 1. The summed E-state index contributed by atoms with van der Waals surface area (Å²) < 4.78 is 5.59. The fraction of sp³-hybridized carbons (Fsp3) is 0.0769. The van der Waals surface area contributed by atoms with Crippen LogP contribution in [0, 0.1) is 18.3 Å². The molecule has 0 radical (unpaired) electrons. The van der Waals surface area contributed by atoms with Crippen LogP contribution in [0.5, 0.6) is 11.6 Å². The molecule has 0 aliphatic heterocycles. The first kappa shape index (κ1) is 11.0. The van der Waals surface area contributed by atoms with Gasteiger partial charge in [-0.1, -0.05) is 6.07 Å². The molecule has 0 saturated heterocycles. The number of nitriles is 1. The molecule has 1 heterocycles. The molecule has 0 unspecified atom stereocenters. The molecule has 4 heteroatoms. The smallest absolute Gasteiger partial charge is 0.220 e. The number of anilines is 1. The van der Waals surface area contributed by atoms with Crippen LogP contribution in [0.25, 0.3) is 0 Å². The van der Waals surface area contributed by atoms with Crippen LogP contribution >= 0.6 is 0 Å². The van der Waals surface area contributed by atoms with Gasteiger partial charge in [0.1, 0.15) is 5.75 Å². The van der Waals surface area contributed by atoms with E-state index >= 15 is 0 Å². The number of hydrogen-bond acceptors (Lipinski definition) is 4. The Morgan fingerprint density at radius 2 is 2.12 bits per heavy atom. The molecular formula is C13H11N3O. The van der Waals surface area contributed by atoms with E-state index in [2.05, 4.69) is 4.98 Å². The maximum absolute atomic E-state index is 8.77. The lowest BCUT2D eigenvalue weighted by atomic mass is 10.2. The summed E-state index contributed by atoms with van der Waals surface area (Å²) in [6.07, 6.45) is 1.54. The predicted octanol–water partition coefficient (Wildman–Crippen LogP) is 2.64. The van der Waals surface area contributed by atoms with Crippen molar-refractivity contribution >= 4 is 5.69 Å². The van der Waals surface area contributed by atoms with Crippen molar-refractivity contribution in [2.75, 3.05) is 5.73 Å². The summed E-state index contributed by atoms with van der Waals surface area (Å²) >= 11 is 0. The summed E-state index contributed by atoms with van der Waals surface area (Å²) in [4.78, 5) is 4.04. The van der Waals surface area contributed by atoms with Gasteiger partial charge in [-0.2, -0.15) is 5.26 Å². The first-order valence-electron chi connectivity index (χ1n) is 5.09. The molecule has 84 valence electrons. The van der Waals surface area contributed by atoms with E-state index in [9.17, 15) is 0 Å². The molecule has 0 saturated carbocycles. The van der Waals surface area contributed by atoms with Crippen LogP contribution in [0.4, 0.5) is 5.69 Å². The Labute approximate surface area is 99.3 Å². The second-order valence-corrected chi connectivity index (χ2v) is 3.62. The molecule has 0 amide bonds. The number of nitrogens with zero attached hydrogens (tertiary/aromatic N) is 2. The fourth-order valence-electron chi connectivity index (χ4n) is 1.37. The summed E-state index contributed by atoms with van der Waals surface area (Å²) in [5.74, 6) is 1.03. The highest BCUT2D eigenvalue weighted by Gasteiger charge is 2.03. The van der Waals surface area contributed by atoms with Crippen LogP contribution in [0.3, 0.4) is 0 Å². The Morgan fingerprint density at radius 3 is 2.88 bits per heavy atom. The number of nitrogens with two attached hydrogens (primary N) is 1. The van der Waals surface area contributed by atoms with Gasteiger partial charge in [0, 0.05) is 24.0 Å². The standard InChI is InChI=1S/C13H11N3O/c1-9-2-3-11(15)7-12(9)17-13-6-10(8-14)4-5-16-13/h2-7H,15H2,1H3. The summed E-state index contributed by atoms with van der Waals surface area (Å²) in [6, 6.07) is 10.7. The summed E-state index contributed by atoms with van der Waals surface area (Å²) in [7, 11) is 0. The molecule has 0 atom stereocenters. The lowest BCUT2D eigenvalue weighted by molar-refractivity contribution is 0.459. The average Bonchev–Trinajstić information content (AvgIpc) is 2.34. The zero-order valence-corrected chi connectivity index (χ0v) is 9.34. The second kappa shape index (κ2) is 4.54. The normalized spacial score (nSPS) is 9.65. The first-order valence-corrected chi connectivity index (χ1v) is 5.09. The van der Waals surface area contributed by atoms with Gasteiger partial charge in [0.15, 0.2) is 0 Å². The Balaban J connectivity index is 2.31. The SMILES string of the molecule is Cc1ccc(N)cc1Oc1cc(C#N)ccn1. The number of nitrogen functional groups attached to an aromatic ring is 1. The molecule has 1 aromatic heterocycles. The highest BCUT2D eigenvalue weighted by molar-refractivity contribution is 5.49. The first-order chi connectivity index (χ1) is 8.19. The van der Waals surface area contributed by atoms with Gasteiger partial charge in [0.25, 0.3) is 0 Å². The molecule has 2 rings (SSSR count). The highest BCUT2D eigenvalue weighted by atomic mass is 16.5. The molecule has 2 N–H and O–H groups in total. The minimum atomic E-state index is 0.387. The maximum atomic E-state index is 8.77. The van der Waals surface area contributed by atoms with Gasteiger partial charge in [-0.15, -0.1) is 0 Å². The number of pyridine rings is 1. The van der Waals surface area contributed by atoms with E-state index in [-0.39, 0.29) is 0 Å². The molecule has 4 nitrogen and oxygen atoms in total. The molecule has 17 heavy (non-hydrogen) atoms. The van der Waals surface area contributed by atoms with Crippen LogP contribution in [0.15, 0.2) is 36.5 Å². The lowest BCUT2D eigenvalue weighted by Gasteiger charge is -2.08. The number of rotatable bonds is 2. The highest BCUT2D eigenvalue weighted by Crippen LogP contribution is 2.25. The van der Waals surface area contributed by atoms with Crippen molar-refractivity contribution < 1.29 is 4.74 Å². The monoisotopic (exact) mass is 225 g/mol. The van der Waals surface area contributed by atoms with E-state index in [1.807, 2.05) is 19.1 Å². The zero-order valence-electron chi connectivity index (χ0n) is 9.34. The van der Waals surface area contributed by atoms with Crippen LogP contribution in [-0.2, 0) is 0 Å². The Kier molecular flexibility index (Phi) is 2.93. The van der Waals surface area contributed by atoms with Crippen molar-refractivity contribution in [3.05, 3.63) is 47.7 Å². The Hall–Kier alpha value is -2.54. The molecule has 0 spiro atoms. The molecule has 1 aromatic carbocycles. The van der Waals surface area contributed by atoms with Gasteiger partial charge in [0.05, 0.1) is 11.6 Å². The predicted molar refractivity (Wildman–Crippen MR) is 64.6 cm³/mol. The van der Waals surface area contributed by atoms with Crippen LogP contribution < -0.4 is 10.5 Å². The minimum absolute atomic E-state index is 0.387. The van der Waals surface area contributed by atoms with E-state index in [1.54, 1.807) is 24.3 Å². The zero-order chi connectivity index (χ0) is 12.3. The maximum Gasteiger partial charge on any atom is 0.220 e.